The van der Waals surface area contributed by atoms with Gasteiger partial charge in [-0.1, -0.05) is 6.07 Å². The summed E-state index contributed by atoms with van der Waals surface area (Å²) in [6.07, 6.45) is 4.27. The van der Waals surface area contributed by atoms with E-state index in [0.717, 1.165) is 18.7 Å². The zero-order valence-corrected chi connectivity index (χ0v) is 13.9. The lowest BCUT2D eigenvalue weighted by Gasteiger charge is -2.35. The van der Waals surface area contributed by atoms with Gasteiger partial charge >= 0.3 is 6.03 Å². The standard InChI is InChI=1S/C17H15N3OS2/c21-17(19-12-3-1-7-18-11-12)20-8-5-14-13(6-10-23-14)16(20)15-4-2-9-22-15/h1-4,6-7,9-11,16H,5,8H2,(H,19,21)/t16-/m0/s1. The molecule has 3 aromatic heterocycles. The Morgan fingerprint density at radius 3 is 2.96 bits per heavy atom. The average molecular weight is 341 g/mol. The molecule has 0 radical (unpaired) electrons. The molecule has 1 N–H and O–H groups in total. The Labute approximate surface area is 142 Å². The van der Waals surface area contributed by atoms with E-state index in [4.69, 9.17) is 0 Å². The van der Waals surface area contributed by atoms with Gasteiger partial charge in [0.05, 0.1) is 17.9 Å². The molecule has 0 fully saturated rings. The zero-order valence-electron chi connectivity index (χ0n) is 12.3. The minimum absolute atomic E-state index is 0.00155. The van der Waals surface area contributed by atoms with Gasteiger partial charge in [0.1, 0.15) is 0 Å². The fourth-order valence-corrected chi connectivity index (χ4v) is 4.68. The lowest BCUT2D eigenvalue weighted by Crippen LogP contribution is -2.42. The molecule has 0 unspecified atom stereocenters. The number of hydrogen-bond acceptors (Lipinski definition) is 4. The van der Waals surface area contributed by atoms with E-state index in [1.165, 1.54) is 15.3 Å². The lowest BCUT2D eigenvalue weighted by atomic mass is 9.99. The van der Waals surface area contributed by atoms with E-state index in [9.17, 15) is 4.79 Å². The van der Waals surface area contributed by atoms with Crippen molar-refractivity contribution in [2.75, 3.05) is 11.9 Å². The molecule has 4 rings (SSSR count). The number of aromatic nitrogens is 1. The summed E-state index contributed by atoms with van der Waals surface area (Å²) in [5.74, 6) is 0. The maximum Gasteiger partial charge on any atom is 0.322 e. The monoisotopic (exact) mass is 341 g/mol. The first-order valence-electron chi connectivity index (χ1n) is 7.40. The zero-order chi connectivity index (χ0) is 15.6. The lowest BCUT2D eigenvalue weighted by molar-refractivity contribution is 0.195. The Hall–Kier alpha value is -2.18. The number of nitrogens with one attached hydrogen (secondary N) is 1. The molecule has 3 aromatic rings. The van der Waals surface area contributed by atoms with Crippen LogP contribution in [0, 0.1) is 0 Å². The molecular formula is C17H15N3OS2. The number of hydrogen-bond donors (Lipinski definition) is 1. The predicted octanol–water partition coefficient (Wildman–Crippen LogP) is 4.38. The van der Waals surface area contributed by atoms with Gasteiger partial charge in [-0.05, 0) is 47.0 Å². The number of amides is 2. The number of thiophene rings is 2. The third kappa shape index (κ3) is 2.75. The normalized spacial score (nSPS) is 16.9. The third-order valence-electron chi connectivity index (χ3n) is 3.95. The second-order valence-electron chi connectivity index (χ2n) is 5.33. The average Bonchev–Trinajstić information content (AvgIpc) is 3.26. The second kappa shape index (κ2) is 6.14. The third-order valence-corrected chi connectivity index (χ3v) is 5.87. The second-order valence-corrected chi connectivity index (χ2v) is 7.31. The summed E-state index contributed by atoms with van der Waals surface area (Å²) in [6, 6.07) is 9.89. The van der Waals surface area contributed by atoms with Gasteiger partial charge in [-0.25, -0.2) is 4.79 Å². The number of rotatable bonds is 2. The highest BCUT2D eigenvalue weighted by molar-refractivity contribution is 7.10. The van der Waals surface area contributed by atoms with Crippen LogP contribution in [0.15, 0.2) is 53.5 Å². The van der Waals surface area contributed by atoms with Crippen LogP contribution >= 0.6 is 22.7 Å². The maximum atomic E-state index is 12.8. The van der Waals surface area contributed by atoms with E-state index in [2.05, 4.69) is 33.2 Å². The fraction of sp³-hybridized carbons (Fsp3) is 0.176. The minimum Gasteiger partial charge on any atom is -0.312 e. The Kier molecular flexibility index (Phi) is 3.85. The topological polar surface area (TPSA) is 45.2 Å². The van der Waals surface area contributed by atoms with Gasteiger partial charge in [-0.15, -0.1) is 22.7 Å². The van der Waals surface area contributed by atoms with Crippen LogP contribution in [-0.2, 0) is 6.42 Å². The molecule has 2 amide bonds. The number of carbonyl (C=O) groups is 1. The highest BCUT2D eigenvalue weighted by atomic mass is 32.1. The molecule has 1 aliphatic rings. The highest BCUT2D eigenvalue weighted by Gasteiger charge is 2.33. The number of urea groups is 1. The Balaban J connectivity index is 1.66. The van der Waals surface area contributed by atoms with Gasteiger partial charge in [-0.3, -0.25) is 4.98 Å². The summed E-state index contributed by atoms with van der Waals surface area (Å²) in [5.41, 5.74) is 1.98. The van der Waals surface area contributed by atoms with Gasteiger partial charge in [0.15, 0.2) is 0 Å². The SMILES string of the molecule is O=C(Nc1cccnc1)N1CCc2sccc2[C@H]1c1cccs1. The molecular weight excluding hydrogens is 326 g/mol. The molecule has 6 heteroatoms. The van der Waals surface area contributed by atoms with E-state index in [0.29, 0.717) is 0 Å². The van der Waals surface area contributed by atoms with E-state index in [1.54, 1.807) is 35.1 Å². The fourth-order valence-electron chi connectivity index (χ4n) is 2.92. The van der Waals surface area contributed by atoms with Crippen LogP contribution in [0.1, 0.15) is 21.4 Å². The molecule has 1 atom stereocenters. The van der Waals surface area contributed by atoms with E-state index >= 15 is 0 Å². The largest absolute Gasteiger partial charge is 0.322 e. The molecule has 4 nitrogen and oxygen atoms in total. The first kappa shape index (κ1) is 14.4. The number of carbonyl (C=O) groups excluding carboxylic acids is 1. The van der Waals surface area contributed by atoms with Crippen molar-refractivity contribution in [3.63, 3.8) is 0 Å². The van der Waals surface area contributed by atoms with Crippen molar-refractivity contribution >= 4 is 34.4 Å². The van der Waals surface area contributed by atoms with Crippen LogP contribution in [0.2, 0.25) is 0 Å². The summed E-state index contributed by atoms with van der Waals surface area (Å²) in [6.45, 7) is 0.724. The summed E-state index contributed by atoms with van der Waals surface area (Å²) >= 11 is 3.47. The van der Waals surface area contributed by atoms with Gasteiger partial charge in [0, 0.05) is 22.5 Å². The number of pyridine rings is 1. The highest BCUT2D eigenvalue weighted by Crippen LogP contribution is 2.39. The van der Waals surface area contributed by atoms with Crippen LogP contribution in [0.25, 0.3) is 0 Å². The summed E-state index contributed by atoms with van der Waals surface area (Å²) < 4.78 is 0. The van der Waals surface area contributed by atoms with Gasteiger partial charge in [0.2, 0.25) is 0 Å². The van der Waals surface area contributed by atoms with Crippen molar-refractivity contribution in [1.29, 1.82) is 0 Å². The molecule has 4 heterocycles. The van der Waals surface area contributed by atoms with Crippen molar-refractivity contribution in [2.24, 2.45) is 0 Å². The van der Waals surface area contributed by atoms with E-state index < -0.39 is 0 Å². The molecule has 23 heavy (non-hydrogen) atoms. The molecule has 116 valence electrons. The van der Waals surface area contributed by atoms with Gasteiger partial charge in [0.25, 0.3) is 0 Å². The summed E-state index contributed by atoms with van der Waals surface area (Å²) in [5, 5.41) is 7.14. The summed E-state index contributed by atoms with van der Waals surface area (Å²) in [7, 11) is 0. The number of fused-ring (bicyclic) bond motifs is 1. The first-order chi connectivity index (χ1) is 11.3. The molecule has 0 spiro atoms. The van der Waals surface area contributed by atoms with Crippen LogP contribution < -0.4 is 5.32 Å². The Bertz CT molecular complexity index is 798. The van der Waals surface area contributed by atoms with Crippen molar-refractivity contribution in [2.45, 2.75) is 12.5 Å². The molecule has 0 aliphatic carbocycles. The van der Waals surface area contributed by atoms with Crippen molar-refractivity contribution in [1.82, 2.24) is 9.88 Å². The van der Waals surface area contributed by atoms with Crippen molar-refractivity contribution in [3.05, 3.63) is 68.8 Å². The first-order valence-corrected chi connectivity index (χ1v) is 9.16. The Morgan fingerprint density at radius 2 is 2.17 bits per heavy atom. The van der Waals surface area contributed by atoms with Crippen LogP contribution in [0.3, 0.4) is 0 Å². The van der Waals surface area contributed by atoms with E-state index in [-0.39, 0.29) is 12.1 Å². The smallest absolute Gasteiger partial charge is 0.312 e. The minimum atomic E-state index is -0.0757. The molecule has 0 bridgehead atoms. The molecule has 1 aliphatic heterocycles. The molecule has 0 saturated heterocycles. The van der Waals surface area contributed by atoms with Gasteiger partial charge < -0.3 is 10.2 Å². The van der Waals surface area contributed by atoms with E-state index in [1.807, 2.05) is 23.1 Å². The maximum absolute atomic E-state index is 12.8. The van der Waals surface area contributed by atoms with Crippen LogP contribution in [0.5, 0.6) is 0 Å². The number of anilines is 1. The van der Waals surface area contributed by atoms with Gasteiger partial charge in [-0.2, -0.15) is 0 Å². The van der Waals surface area contributed by atoms with Crippen molar-refractivity contribution < 1.29 is 4.79 Å². The number of nitrogens with zero attached hydrogens (tertiary/aromatic N) is 2. The molecule has 0 saturated carbocycles. The summed E-state index contributed by atoms with van der Waals surface area (Å²) in [4.78, 5) is 21.4. The van der Waals surface area contributed by atoms with Crippen LogP contribution in [-0.4, -0.2) is 22.5 Å². The quantitative estimate of drug-likeness (QED) is 0.751. The predicted molar refractivity (Wildman–Crippen MR) is 94.1 cm³/mol. The molecule has 0 aromatic carbocycles. The van der Waals surface area contributed by atoms with Crippen LogP contribution in [0.4, 0.5) is 10.5 Å². The van der Waals surface area contributed by atoms with Crippen molar-refractivity contribution in [3.8, 4) is 0 Å². The Morgan fingerprint density at radius 1 is 1.22 bits per heavy atom.